The van der Waals surface area contributed by atoms with E-state index in [1.54, 1.807) is 24.8 Å². The smallest absolute Gasteiger partial charge is 0.226 e. The molecule has 3 aromatic rings. The predicted octanol–water partition coefficient (Wildman–Crippen LogP) is 3.84. The third-order valence-electron chi connectivity index (χ3n) is 5.89. The van der Waals surface area contributed by atoms with Crippen LogP contribution < -0.4 is 5.32 Å². The van der Waals surface area contributed by atoms with Gasteiger partial charge in [-0.25, -0.2) is 0 Å². The minimum atomic E-state index is -0.408. The number of carbonyl (C=O) groups is 1. The van der Waals surface area contributed by atoms with Crippen LogP contribution in [0.4, 0.5) is 0 Å². The van der Waals surface area contributed by atoms with E-state index < -0.39 is 5.41 Å². The van der Waals surface area contributed by atoms with Gasteiger partial charge in [0.15, 0.2) is 0 Å². The molecule has 0 unspecified atom stereocenters. The van der Waals surface area contributed by atoms with Crippen molar-refractivity contribution in [3.8, 4) is 11.1 Å². The lowest BCUT2D eigenvalue weighted by Gasteiger charge is -2.36. The Morgan fingerprint density at radius 2 is 1.43 bits per heavy atom. The fraction of sp³-hybridized carbons (Fsp3) is 0.320. The summed E-state index contributed by atoms with van der Waals surface area (Å²) in [6.07, 6.45) is 10.2. The molecule has 154 valence electrons. The number of benzene rings is 1. The first-order valence-corrected chi connectivity index (χ1v) is 10.5. The number of carbonyl (C=O) groups excluding carboxylic acids is 1. The standard InChI is InChI=1S/C25H27N3O2/c29-24(28-16-7-20-5-12-26-13-6-20)25(10-17-30-18-11-25)19-21-1-3-22(4-2-21)23-8-14-27-15-9-23/h1-6,8-9,12-15H,7,10-11,16-19H2,(H,28,29). The average molecular weight is 402 g/mol. The summed E-state index contributed by atoms with van der Waals surface area (Å²) in [6.45, 7) is 1.90. The molecule has 0 radical (unpaired) electrons. The molecule has 2 aromatic heterocycles. The summed E-state index contributed by atoms with van der Waals surface area (Å²) in [7, 11) is 0. The van der Waals surface area contributed by atoms with E-state index >= 15 is 0 Å². The van der Waals surface area contributed by atoms with Crippen molar-refractivity contribution in [2.45, 2.75) is 25.7 Å². The summed E-state index contributed by atoms with van der Waals surface area (Å²) in [4.78, 5) is 21.3. The van der Waals surface area contributed by atoms with Crippen LogP contribution in [0.25, 0.3) is 11.1 Å². The zero-order valence-electron chi connectivity index (χ0n) is 17.1. The highest BCUT2D eigenvalue weighted by atomic mass is 16.5. The number of ether oxygens (including phenoxy) is 1. The van der Waals surface area contributed by atoms with E-state index in [1.807, 2.05) is 24.3 Å². The maximum absolute atomic E-state index is 13.2. The molecular weight excluding hydrogens is 374 g/mol. The molecule has 0 bridgehead atoms. The lowest BCUT2D eigenvalue weighted by Crippen LogP contribution is -2.46. The van der Waals surface area contributed by atoms with Gasteiger partial charge in [-0.3, -0.25) is 14.8 Å². The van der Waals surface area contributed by atoms with Crippen LogP contribution in [0.1, 0.15) is 24.0 Å². The Bertz CT molecular complexity index is 937. The fourth-order valence-corrected chi connectivity index (χ4v) is 4.05. The number of rotatable bonds is 7. The SMILES string of the molecule is O=C(NCCc1ccncc1)C1(Cc2ccc(-c3ccncc3)cc2)CCOCC1. The molecule has 1 fully saturated rings. The Morgan fingerprint density at radius 1 is 0.833 bits per heavy atom. The molecule has 5 nitrogen and oxygen atoms in total. The summed E-state index contributed by atoms with van der Waals surface area (Å²) >= 11 is 0. The molecule has 3 heterocycles. The second kappa shape index (κ2) is 9.63. The van der Waals surface area contributed by atoms with Crippen molar-refractivity contribution in [1.29, 1.82) is 0 Å². The van der Waals surface area contributed by atoms with Crippen molar-refractivity contribution in [3.05, 3.63) is 84.4 Å². The third kappa shape index (κ3) is 4.92. The van der Waals surface area contributed by atoms with Gasteiger partial charge in [0.1, 0.15) is 0 Å². The summed E-state index contributed by atoms with van der Waals surface area (Å²) in [6, 6.07) is 16.5. The molecule has 1 aromatic carbocycles. The summed E-state index contributed by atoms with van der Waals surface area (Å²) in [5, 5.41) is 3.18. The summed E-state index contributed by atoms with van der Waals surface area (Å²) in [5.74, 6) is 0.137. The topological polar surface area (TPSA) is 64.1 Å². The van der Waals surface area contributed by atoms with Crippen LogP contribution in [0.15, 0.2) is 73.3 Å². The Labute approximate surface area is 177 Å². The van der Waals surface area contributed by atoms with Crippen LogP contribution in [0.3, 0.4) is 0 Å². The second-order valence-corrected chi connectivity index (χ2v) is 7.86. The first-order valence-electron chi connectivity index (χ1n) is 10.5. The van der Waals surface area contributed by atoms with Gasteiger partial charge in [0, 0.05) is 44.5 Å². The first-order chi connectivity index (χ1) is 14.8. The van der Waals surface area contributed by atoms with Crippen molar-refractivity contribution in [3.63, 3.8) is 0 Å². The van der Waals surface area contributed by atoms with E-state index in [9.17, 15) is 4.79 Å². The first kappa shape index (κ1) is 20.2. The largest absolute Gasteiger partial charge is 0.381 e. The molecule has 1 saturated heterocycles. The van der Waals surface area contributed by atoms with Crippen molar-refractivity contribution in [1.82, 2.24) is 15.3 Å². The maximum Gasteiger partial charge on any atom is 0.226 e. The van der Waals surface area contributed by atoms with E-state index in [0.717, 1.165) is 36.8 Å². The van der Waals surface area contributed by atoms with Gasteiger partial charge in [-0.2, -0.15) is 0 Å². The monoisotopic (exact) mass is 401 g/mol. The van der Waals surface area contributed by atoms with E-state index in [2.05, 4.69) is 39.6 Å². The van der Waals surface area contributed by atoms with Crippen LogP contribution >= 0.6 is 0 Å². The van der Waals surface area contributed by atoms with E-state index in [4.69, 9.17) is 4.74 Å². The Kier molecular flexibility index (Phi) is 6.50. The molecule has 4 rings (SSSR count). The quantitative estimate of drug-likeness (QED) is 0.653. The van der Waals surface area contributed by atoms with E-state index in [-0.39, 0.29) is 5.91 Å². The van der Waals surface area contributed by atoms with Crippen LogP contribution in [-0.4, -0.2) is 35.6 Å². The minimum absolute atomic E-state index is 0.137. The van der Waals surface area contributed by atoms with Gasteiger partial charge in [-0.05, 0) is 72.2 Å². The Morgan fingerprint density at radius 3 is 2.10 bits per heavy atom. The molecule has 0 saturated carbocycles. The number of nitrogens with one attached hydrogen (secondary N) is 1. The number of aromatic nitrogens is 2. The Balaban J connectivity index is 1.43. The average Bonchev–Trinajstić information content (AvgIpc) is 2.81. The molecule has 1 aliphatic rings. The van der Waals surface area contributed by atoms with Gasteiger partial charge in [0.2, 0.25) is 5.91 Å². The van der Waals surface area contributed by atoms with Crippen molar-refractivity contribution in [2.75, 3.05) is 19.8 Å². The number of hydrogen-bond donors (Lipinski definition) is 1. The third-order valence-corrected chi connectivity index (χ3v) is 5.89. The molecule has 30 heavy (non-hydrogen) atoms. The van der Waals surface area contributed by atoms with Gasteiger partial charge < -0.3 is 10.1 Å². The number of pyridine rings is 2. The Hall–Kier alpha value is -3.05. The normalized spacial score (nSPS) is 15.5. The lowest BCUT2D eigenvalue weighted by atomic mass is 9.74. The molecule has 5 heteroatoms. The zero-order chi connectivity index (χ0) is 20.7. The zero-order valence-corrected chi connectivity index (χ0v) is 17.1. The number of nitrogens with zero attached hydrogens (tertiary/aromatic N) is 2. The highest BCUT2D eigenvalue weighted by Crippen LogP contribution is 2.35. The van der Waals surface area contributed by atoms with Crippen LogP contribution in [0.2, 0.25) is 0 Å². The van der Waals surface area contributed by atoms with Crippen molar-refractivity contribution < 1.29 is 9.53 Å². The van der Waals surface area contributed by atoms with Crippen molar-refractivity contribution >= 4 is 5.91 Å². The molecular formula is C25H27N3O2. The maximum atomic E-state index is 13.2. The second-order valence-electron chi connectivity index (χ2n) is 7.86. The van der Waals surface area contributed by atoms with Gasteiger partial charge in [0.05, 0.1) is 5.41 Å². The summed E-state index contributed by atoms with van der Waals surface area (Å²) < 4.78 is 5.57. The minimum Gasteiger partial charge on any atom is -0.381 e. The van der Waals surface area contributed by atoms with Gasteiger partial charge in [-0.15, -0.1) is 0 Å². The van der Waals surface area contributed by atoms with E-state index in [0.29, 0.717) is 19.8 Å². The molecule has 0 atom stereocenters. The highest BCUT2D eigenvalue weighted by molar-refractivity contribution is 5.83. The number of amides is 1. The molecule has 1 amide bonds. The van der Waals surface area contributed by atoms with E-state index in [1.165, 1.54) is 11.1 Å². The van der Waals surface area contributed by atoms with Gasteiger partial charge in [-0.1, -0.05) is 24.3 Å². The lowest BCUT2D eigenvalue weighted by molar-refractivity contribution is -0.136. The van der Waals surface area contributed by atoms with Gasteiger partial charge >= 0.3 is 0 Å². The predicted molar refractivity (Wildman–Crippen MR) is 117 cm³/mol. The fourth-order valence-electron chi connectivity index (χ4n) is 4.05. The molecule has 1 N–H and O–H groups in total. The summed E-state index contributed by atoms with van der Waals surface area (Å²) in [5.41, 5.74) is 4.25. The van der Waals surface area contributed by atoms with Crippen LogP contribution in [0, 0.1) is 5.41 Å². The van der Waals surface area contributed by atoms with Crippen molar-refractivity contribution in [2.24, 2.45) is 5.41 Å². The highest BCUT2D eigenvalue weighted by Gasteiger charge is 2.39. The van der Waals surface area contributed by atoms with Gasteiger partial charge in [0.25, 0.3) is 0 Å². The van der Waals surface area contributed by atoms with Crippen LogP contribution in [0.5, 0.6) is 0 Å². The number of hydrogen-bond acceptors (Lipinski definition) is 4. The molecule has 0 aliphatic carbocycles. The molecule has 0 spiro atoms. The molecule has 1 aliphatic heterocycles. The van der Waals surface area contributed by atoms with Crippen LogP contribution in [-0.2, 0) is 22.4 Å².